The number of piperidine rings is 1. The summed E-state index contributed by atoms with van der Waals surface area (Å²) >= 11 is 0. The third-order valence-electron chi connectivity index (χ3n) is 6.48. The van der Waals surface area contributed by atoms with Crippen molar-refractivity contribution in [2.75, 3.05) is 25.0 Å². The summed E-state index contributed by atoms with van der Waals surface area (Å²) in [5.41, 5.74) is 7.13. The number of nitriles is 1. The van der Waals surface area contributed by atoms with Crippen LogP contribution >= 0.6 is 0 Å². The quantitative estimate of drug-likeness (QED) is 0.679. The lowest BCUT2D eigenvalue weighted by Gasteiger charge is -2.34. The van der Waals surface area contributed by atoms with E-state index in [2.05, 4.69) is 40.2 Å². The number of nitrogens with zero attached hydrogens (tertiary/aromatic N) is 2. The normalized spacial score (nSPS) is 17.3. The van der Waals surface area contributed by atoms with Gasteiger partial charge in [-0.25, -0.2) is 0 Å². The van der Waals surface area contributed by atoms with Crippen LogP contribution in [0.5, 0.6) is 0 Å². The summed E-state index contributed by atoms with van der Waals surface area (Å²) in [6, 6.07) is 14.7. The number of anilines is 1. The molecular formula is C27H27N5O. The second-order valence-electron chi connectivity index (χ2n) is 8.61. The van der Waals surface area contributed by atoms with Gasteiger partial charge in [0.1, 0.15) is 0 Å². The fourth-order valence-corrected chi connectivity index (χ4v) is 4.66. The summed E-state index contributed by atoms with van der Waals surface area (Å²) in [5, 5.41) is 19.5. The molecule has 6 heteroatoms. The van der Waals surface area contributed by atoms with Crippen LogP contribution in [-0.4, -0.2) is 36.5 Å². The first-order chi connectivity index (χ1) is 16.2. The van der Waals surface area contributed by atoms with Gasteiger partial charge in [-0.15, -0.1) is 0 Å². The molecule has 1 fully saturated rings. The summed E-state index contributed by atoms with van der Waals surface area (Å²) in [5.74, 6) is 0.122. The van der Waals surface area contributed by atoms with Gasteiger partial charge in [0.05, 0.1) is 11.6 Å². The Labute approximate surface area is 194 Å². The predicted molar refractivity (Wildman–Crippen MR) is 131 cm³/mol. The third-order valence-corrected chi connectivity index (χ3v) is 6.48. The lowest BCUT2D eigenvalue weighted by molar-refractivity contribution is -0.127. The van der Waals surface area contributed by atoms with Gasteiger partial charge < -0.3 is 20.9 Å². The zero-order valence-electron chi connectivity index (χ0n) is 18.5. The van der Waals surface area contributed by atoms with Gasteiger partial charge in [-0.3, -0.25) is 4.79 Å². The van der Waals surface area contributed by atoms with Gasteiger partial charge in [-0.2, -0.15) is 5.26 Å². The zero-order chi connectivity index (χ0) is 22.6. The van der Waals surface area contributed by atoms with Gasteiger partial charge in [-0.05, 0) is 78.3 Å². The standard InChI is InChI=1S/C27H27N5O/c28-17-19-2-1-3-21(14-19)23-15-22-6-11-30-18-25(22)26(16-23)31-24-7-12-32(13-8-24)27(33)20-4-9-29-10-5-20/h1-6,9,11,14-16,24,29-31H,7-8,10,12-13,18H2. The highest BCUT2D eigenvalue weighted by molar-refractivity contribution is 5.96. The van der Waals surface area contributed by atoms with Crippen LogP contribution in [0.3, 0.4) is 0 Å². The molecule has 3 aliphatic rings. The topological polar surface area (TPSA) is 80.2 Å². The SMILES string of the molecule is N#Cc1cccc(-c2cc3c(c(NC4CCN(C(=O)C5=CCNC=C5)CC4)c2)CNC=C3)c1. The Bertz CT molecular complexity index is 1200. The number of nitrogens with one attached hydrogen (secondary N) is 3. The molecule has 166 valence electrons. The van der Waals surface area contributed by atoms with Crippen LogP contribution in [0.1, 0.15) is 29.5 Å². The summed E-state index contributed by atoms with van der Waals surface area (Å²) in [4.78, 5) is 14.7. The summed E-state index contributed by atoms with van der Waals surface area (Å²) in [6.07, 6.45) is 11.5. The van der Waals surface area contributed by atoms with Crippen molar-refractivity contribution in [3.8, 4) is 17.2 Å². The Morgan fingerprint density at radius 3 is 2.70 bits per heavy atom. The second kappa shape index (κ2) is 9.25. The second-order valence-corrected chi connectivity index (χ2v) is 8.61. The molecule has 2 aromatic carbocycles. The maximum absolute atomic E-state index is 12.8. The van der Waals surface area contributed by atoms with Crippen molar-refractivity contribution in [2.24, 2.45) is 0 Å². The van der Waals surface area contributed by atoms with Gasteiger partial charge in [0.15, 0.2) is 0 Å². The van der Waals surface area contributed by atoms with Crippen molar-refractivity contribution in [1.82, 2.24) is 15.5 Å². The van der Waals surface area contributed by atoms with Gasteiger partial charge in [0.25, 0.3) is 5.91 Å². The first-order valence-corrected chi connectivity index (χ1v) is 11.4. The smallest absolute Gasteiger partial charge is 0.253 e. The Morgan fingerprint density at radius 1 is 1.06 bits per heavy atom. The molecule has 0 aromatic heterocycles. The molecule has 1 saturated heterocycles. The van der Waals surface area contributed by atoms with Crippen LogP contribution in [0.4, 0.5) is 5.69 Å². The predicted octanol–water partition coefficient (Wildman–Crippen LogP) is 3.75. The molecular weight excluding hydrogens is 410 g/mol. The minimum atomic E-state index is 0.122. The van der Waals surface area contributed by atoms with Gasteiger partial charge >= 0.3 is 0 Å². The Hall–Kier alpha value is -3.98. The number of amides is 1. The van der Waals surface area contributed by atoms with E-state index in [1.807, 2.05) is 53.7 Å². The molecule has 3 aliphatic heterocycles. The molecule has 33 heavy (non-hydrogen) atoms. The Morgan fingerprint density at radius 2 is 1.91 bits per heavy atom. The van der Waals surface area contributed by atoms with Gasteiger partial charge in [0, 0.05) is 49.0 Å². The lowest BCUT2D eigenvalue weighted by Crippen LogP contribution is -2.43. The van der Waals surface area contributed by atoms with Crippen molar-refractivity contribution in [2.45, 2.75) is 25.4 Å². The van der Waals surface area contributed by atoms with Crippen LogP contribution < -0.4 is 16.0 Å². The highest BCUT2D eigenvalue weighted by atomic mass is 16.2. The molecule has 0 atom stereocenters. The number of fused-ring (bicyclic) bond motifs is 1. The fourth-order valence-electron chi connectivity index (χ4n) is 4.66. The van der Waals surface area contributed by atoms with Gasteiger partial charge in [-0.1, -0.05) is 18.2 Å². The van der Waals surface area contributed by atoms with Crippen molar-refractivity contribution < 1.29 is 4.79 Å². The average molecular weight is 438 g/mol. The third kappa shape index (κ3) is 4.49. The van der Waals surface area contributed by atoms with Crippen LogP contribution in [0.25, 0.3) is 17.2 Å². The Kier molecular flexibility index (Phi) is 5.86. The molecule has 0 aliphatic carbocycles. The maximum atomic E-state index is 12.8. The van der Waals surface area contributed by atoms with Crippen LogP contribution in [-0.2, 0) is 11.3 Å². The molecule has 0 radical (unpaired) electrons. The van der Waals surface area contributed by atoms with E-state index in [9.17, 15) is 10.1 Å². The summed E-state index contributed by atoms with van der Waals surface area (Å²) < 4.78 is 0. The number of carbonyl (C=O) groups is 1. The minimum Gasteiger partial charge on any atom is -0.387 e. The molecule has 0 spiro atoms. The summed E-state index contributed by atoms with van der Waals surface area (Å²) in [7, 11) is 0. The highest BCUT2D eigenvalue weighted by Gasteiger charge is 2.25. The molecule has 0 bridgehead atoms. The molecule has 2 aromatic rings. The molecule has 6 nitrogen and oxygen atoms in total. The average Bonchev–Trinajstić information content (AvgIpc) is 2.89. The van der Waals surface area contributed by atoms with E-state index in [1.165, 1.54) is 11.1 Å². The molecule has 0 unspecified atom stereocenters. The van der Waals surface area contributed by atoms with Crippen molar-refractivity contribution in [3.05, 3.63) is 83.2 Å². The van der Waals surface area contributed by atoms with E-state index >= 15 is 0 Å². The van der Waals surface area contributed by atoms with Crippen LogP contribution in [0.15, 0.2) is 66.5 Å². The zero-order valence-corrected chi connectivity index (χ0v) is 18.5. The monoisotopic (exact) mass is 437 g/mol. The first-order valence-electron chi connectivity index (χ1n) is 11.4. The van der Waals surface area contributed by atoms with E-state index in [-0.39, 0.29) is 5.91 Å². The van der Waals surface area contributed by atoms with E-state index in [4.69, 9.17) is 0 Å². The number of hydrogen-bond donors (Lipinski definition) is 3. The van der Waals surface area contributed by atoms with Crippen LogP contribution in [0.2, 0.25) is 0 Å². The molecule has 3 N–H and O–H groups in total. The van der Waals surface area contributed by atoms with E-state index in [1.54, 1.807) is 0 Å². The van der Waals surface area contributed by atoms with E-state index in [0.29, 0.717) is 18.2 Å². The molecule has 5 rings (SSSR count). The fraction of sp³-hybridized carbons (Fsp3) is 0.259. The lowest BCUT2D eigenvalue weighted by atomic mass is 9.94. The molecule has 1 amide bonds. The number of hydrogen-bond acceptors (Lipinski definition) is 5. The van der Waals surface area contributed by atoms with Gasteiger partial charge in [0.2, 0.25) is 0 Å². The first kappa shape index (κ1) is 20.9. The maximum Gasteiger partial charge on any atom is 0.253 e. The number of carbonyl (C=O) groups excluding carboxylic acids is 1. The molecule has 3 heterocycles. The van der Waals surface area contributed by atoms with E-state index < -0.39 is 0 Å². The minimum absolute atomic E-state index is 0.122. The summed E-state index contributed by atoms with van der Waals surface area (Å²) in [6.45, 7) is 2.98. The van der Waals surface area contributed by atoms with E-state index in [0.717, 1.165) is 54.9 Å². The van der Waals surface area contributed by atoms with Crippen molar-refractivity contribution in [1.29, 1.82) is 5.26 Å². The number of rotatable bonds is 4. The van der Waals surface area contributed by atoms with Crippen LogP contribution in [0, 0.1) is 11.3 Å². The number of dihydropyridines is 1. The van der Waals surface area contributed by atoms with Crippen molar-refractivity contribution in [3.63, 3.8) is 0 Å². The Balaban J connectivity index is 1.34. The highest BCUT2D eigenvalue weighted by Crippen LogP contribution is 2.33. The number of benzene rings is 2. The number of likely N-dealkylation sites (tertiary alicyclic amines) is 1. The molecule has 0 saturated carbocycles. The largest absolute Gasteiger partial charge is 0.387 e. The van der Waals surface area contributed by atoms with Crippen molar-refractivity contribution >= 4 is 17.7 Å².